The van der Waals surface area contributed by atoms with Crippen LogP contribution in [0.25, 0.3) is 11.3 Å². The van der Waals surface area contributed by atoms with Crippen molar-refractivity contribution in [2.75, 3.05) is 7.11 Å². The number of ether oxygens (including phenoxy) is 1. The first-order chi connectivity index (χ1) is 9.06. The lowest BCUT2D eigenvalue weighted by atomic mass is 10.1. The maximum absolute atomic E-state index is 11.2. The molecule has 2 rings (SSSR count). The van der Waals surface area contributed by atoms with Gasteiger partial charge in [0.15, 0.2) is 6.29 Å². The molecule has 0 bridgehead atoms. The number of aldehydes is 1. The van der Waals surface area contributed by atoms with Crippen LogP contribution in [0, 0.1) is 6.92 Å². The standard InChI is InChI=1S/C13H10Cl2N2O2/c1-7-16-12(10(6-18)13(15)17-7)9-5-8(14)3-4-11(9)19-2/h3-6H,1-2H3. The summed E-state index contributed by atoms with van der Waals surface area (Å²) in [5, 5.41) is 0.625. The Morgan fingerprint density at radius 2 is 2.00 bits per heavy atom. The van der Waals surface area contributed by atoms with Crippen LogP contribution in [0.4, 0.5) is 0 Å². The minimum atomic E-state index is 0.111. The molecule has 0 aliphatic heterocycles. The number of benzene rings is 1. The summed E-state index contributed by atoms with van der Waals surface area (Å²) in [6.07, 6.45) is 0.622. The van der Waals surface area contributed by atoms with Crippen molar-refractivity contribution in [1.82, 2.24) is 9.97 Å². The Hall–Kier alpha value is -1.65. The van der Waals surface area contributed by atoms with Crippen LogP contribution in [0.2, 0.25) is 10.2 Å². The highest BCUT2D eigenvalue weighted by Crippen LogP contribution is 2.34. The molecule has 0 spiro atoms. The number of hydrogen-bond acceptors (Lipinski definition) is 4. The summed E-state index contributed by atoms with van der Waals surface area (Å²) in [6, 6.07) is 5.07. The second kappa shape index (κ2) is 5.55. The number of methoxy groups -OCH3 is 1. The molecule has 1 heterocycles. The van der Waals surface area contributed by atoms with Crippen LogP contribution in [0.5, 0.6) is 5.75 Å². The molecule has 0 aliphatic carbocycles. The normalized spacial score (nSPS) is 10.3. The molecule has 0 radical (unpaired) electrons. The van der Waals surface area contributed by atoms with E-state index < -0.39 is 0 Å². The number of aryl methyl sites for hydroxylation is 1. The van der Waals surface area contributed by atoms with Gasteiger partial charge in [0.25, 0.3) is 0 Å². The SMILES string of the molecule is COc1ccc(Cl)cc1-c1nc(C)nc(Cl)c1C=O. The zero-order valence-corrected chi connectivity index (χ0v) is 11.8. The van der Waals surface area contributed by atoms with Crippen molar-refractivity contribution in [3.05, 3.63) is 39.8 Å². The van der Waals surface area contributed by atoms with Crippen molar-refractivity contribution in [2.45, 2.75) is 6.92 Å². The predicted molar refractivity (Wildman–Crippen MR) is 74.2 cm³/mol. The van der Waals surface area contributed by atoms with Gasteiger partial charge >= 0.3 is 0 Å². The molecule has 2 aromatic rings. The van der Waals surface area contributed by atoms with Crippen molar-refractivity contribution in [1.29, 1.82) is 0 Å². The van der Waals surface area contributed by atoms with E-state index in [4.69, 9.17) is 27.9 Å². The van der Waals surface area contributed by atoms with Crippen LogP contribution in [-0.2, 0) is 0 Å². The second-order valence-corrected chi connectivity index (χ2v) is 4.58. The molecule has 19 heavy (non-hydrogen) atoms. The van der Waals surface area contributed by atoms with Crippen molar-refractivity contribution < 1.29 is 9.53 Å². The van der Waals surface area contributed by atoms with Gasteiger partial charge in [0.1, 0.15) is 16.7 Å². The Bertz CT molecular complexity index is 645. The van der Waals surface area contributed by atoms with Gasteiger partial charge in [-0.1, -0.05) is 23.2 Å². The van der Waals surface area contributed by atoms with E-state index in [0.717, 1.165) is 0 Å². The molecule has 0 saturated heterocycles. The molecule has 1 aromatic carbocycles. The molecule has 0 atom stereocenters. The molecule has 6 heteroatoms. The third kappa shape index (κ3) is 2.69. The maximum atomic E-state index is 11.2. The molecule has 0 fully saturated rings. The number of halogens is 2. The zero-order chi connectivity index (χ0) is 14.0. The molecular weight excluding hydrogens is 287 g/mol. The topological polar surface area (TPSA) is 52.1 Å². The lowest BCUT2D eigenvalue weighted by Gasteiger charge is -2.11. The zero-order valence-electron chi connectivity index (χ0n) is 10.3. The number of aromatic nitrogens is 2. The molecule has 0 aliphatic rings. The smallest absolute Gasteiger partial charge is 0.155 e. The van der Waals surface area contributed by atoms with Gasteiger partial charge in [-0.15, -0.1) is 0 Å². The fraction of sp³-hybridized carbons (Fsp3) is 0.154. The van der Waals surface area contributed by atoms with Crippen LogP contribution in [0.3, 0.4) is 0 Å². The molecule has 0 unspecified atom stereocenters. The van der Waals surface area contributed by atoms with E-state index in [1.54, 1.807) is 25.1 Å². The fourth-order valence-corrected chi connectivity index (χ4v) is 2.15. The molecule has 0 saturated carbocycles. The first-order valence-corrected chi connectivity index (χ1v) is 6.15. The highest BCUT2D eigenvalue weighted by atomic mass is 35.5. The summed E-state index contributed by atoms with van der Waals surface area (Å²) in [4.78, 5) is 19.4. The quantitative estimate of drug-likeness (QED) is 0.642. The summed E-state index contributed by atoms with van der Waals surface area (Å²) in [6.45, 7) is 1.70. The largest absolute Gasteiger partial charge is 0.496 e. The Morgan fingerprint density at radius 1 is 1.26 bits per heavy atom. The average Bonchev–Trinajstić information content (AvgIpc) is 2.37. The van der Waals surface area contributed by atoms with Crippen molar-refractivity contribution >= 4 is 29.5 Å². The van der Waals surface area contributed by atoms with E-state index in [1.165, 1.54) is 7.11 Å². The number of hydrogen-bond donors (Lipinski definition) is 0. The minimum absolute atomic E-state index is 0.111. The van der Waals surface area contributed by atoms with E-state index in [0.29, 0.717) is 34.1 Å². The fourth-order valence-electron chi connectivity index (χ4n) is 1.72. The first-order valence-electron chi connectivity index (χ1n) is 5.40. The summed E-state index contributed by atoms with van der Waals surface area (Å²) in [5.41, 5.74) is 1.23. The number of rotatable bonds is 3. The van der Waals surface area contributed by atoms with Gasteiger partial charge < -0.3 is 4.74 Å². The summed E-state index contributed by atoms with van der Waals surface area (Å²) < 4.78 is 5.26. The molecule has 0 N–H and O–H groups in total. The molecule has 4 nitrogen and oxygen atoms in total. The van der Waals surface area contributed by atoms with Gasteiger partial charge in [0.05, 0.1) is 18.4 Å². The van der Waals surface area contributed by atoms with Crippen LogP contribution < -0.4 is 4.74 Å². The van der Waals surface area contributed by atoms with E-state index in [-0.39, 0.29) is 10.7 Å². The van der Waals surface area contributed by atoms with Gasteiger partial charge in [0.2, 0.25) is 0 Å². The van der Waals surface area contributed by atoms with Crippen LogP contribution >= 0.6 is 23.2 Å². The van der Waals surface area contributed by atoms with E-state index >= 15 is 0 Å². The Morgan fingerprint density at radius 3 is 2.63 bits per heavy atom. The average molecular weight is 297 g/mol. The van der Waals surface area contributed by atoms with Gasteiger partial charge in [-0.25, -0.2) is 9.97 Å². The van der Waals surface area contributed by atoms with Gasteiger partial charge in [-0.05, 0) is 25.1 Å². The van der Waals surface area contributed by atoms with E-state index in [1.807, 2.05) is 0 Å². The van der Waals surface area contributed by atoms with Crippen LogP contribution in [-0.4, -0.2) is 23.4 Å². The number of carbonyl (C=O) groups is 1. The lowest BCUT2D eigenvalue weighted by Crippen LogP contribution is -2.00. The van der Waals surface area contributed by atoms with Gasteiger partial charge in [-0.3, -0.25) is 4.79 Å². The number of carbonyl (C=O) groups excluding carboxylic acids is 1. The highest BCUT2D eigenvalue weighted by molar-refractivity contribution is 6.32. The predicted octanol–water partition coefficient (Wildman–Crippen LogP) is 3.58. The molecule has 1 aromatic heterocycles. The van der Waals surface area contributed by atoms with E-state index in [2.05, 4.69) is 9.97 Å². The maximum Gasteiger partial charge on any atom is 0.155 e. The Balaban J connectivity index is 2.77. The van der Waals surface area contributed by atoms with E-state index in [9.17, 15) is 4.79 Å². The third-order valence-electron chi connectivity index (χ3n) is 2.55. The Labute approximate surface area is 120 Å². The van der Waals surface area contributed by atoms with Crippen molar-refractivity contribution in [3.8, 4) is 17.0 Å². The summed E-state index contributed by atoms with van der Waals surface area (Å²) in [7, 11) is 1.53. The lowest BCUT2D eigenvalue weighted by molar-refractivity contribution is 0.112. The summed E-state index contributed by atoms with van der Waals surface area (Å²) >= 11 is 11.9. The van der Waals surface area contributed by atoms with Crippen molar-refractivity contribution in [3.63, 3.8) is 0 Å². The number of nitrogens with zero attached hydrogens (tertiary/aromatic N) is 2. The summed E-state index contributed by atoms with van der Waals surface area (Å²) in [5.74, 6) is 1.02. The van der Waals surface area contributed by atoms with Gasteiger partial charge in [-0.2, -0.15) is 0 Å². The Kier molecular flexibility index (Phi) is 4.02. The minimum Gasteiger partial charge on any atom is -0.496 e. The first kappa shape index (κ1) is 13.8. The third-order valence-corrected chi connectivity index (χ3v) is 3.07. The van der Waals surface area contributed by atoms with Crippen LogP contribution in [0.15, 0.2) is 18.2 Å². The molecular formula is C13H10Cl2N2O2. The van der Waals surface area contributed by atoms with Crippen molar-refractivity contribution in [2.24, 2.45) is 0 Å². The molecule has 0 amide bonds. The highest BCUT2D eigenvalue weighted by Gasteiger charge is 2.16. The van der Waals surface area contributed by atoms with Crippen LogP contribution in [0.1, 0.15) is 16.2 Å². The monoisotopic (exact) mass is 296 g/mol. The molecule has 98 valence electrons. The second-order valence-electron chi connectivity index (χ2n) is 3.79. The van der Waals surface area contributed by atoms with Gasteiger partial charge in [0, 0.05) is 10.6 Å².